The van der Waals surface area contributed by atoms with Gasteiger partial charge in [-0.05, 0) is 31.9 Å². The fourth-order valence-electron chi connectivity index (χ4n) is 2.05. The number of fused-ring (bicyclic) bond motifs is 1. The monoisotopic (exact) mass is 266 g/mol. The Morgan fingerprint density at radius 2 is 2.05 bits per heavy atom. The van der Waals surface area contributed by atoms with Crippen molar-refractivity contribution < 1.29 is 24.1 Å². The van der Waals surface area contributed by atoms with Gasteiger partial charge in [-0.1, -0.05) is 6.07 Å². The number of benzene rings is 1. The van der Waals surface area contributed by atoms with Crippen LogP contribution in [0.4, 0.5) is 0 Å². The molecule has 19 heavy (non-hydrogen) atoms. The van der Waals surface area contributed by atoms with Gasteiger partial charge in [0.1, 0.15) is 13.2 Å². The number of ether oxygens (including phenoxy) is 3. The maximum Gasteiger partial charge on any atom is 0.309 e. The molecule has 0 aromatic heterocycles. The van der Waals surface area contributed by atoms with Crippen LogP contribution in [-0.4, -0.2) is 31.4 Å². The van der Waals surface area contributed by atoms with E-state index in [0.29, 0.717) is 36.9 Å². The summed E-state index contributed by atoms with van der Waals surface area (Å²) >= 11 is 0. The molecule has 1 heterocycles. The molecule has 0 saturated heterocycles. The van der Waals surface area contributed by atoms with Crippen LogP contribution in [0, 0.1) is 5.41 Å². The van der Waals surface area contributed by atoms with Crippen LogP contribution < -0.4 is 14.2 Å². The summed E-state index contributed by atoms with van der Waals surface area (Å²) in [5, 5.41) is 9.21. The molecule has 0 saturated carbocycles. The van der Waals surface area contributed by atoms with Crippen LogP contribution in [0.25, 0.3) is 0 Å². The average molecular weight is 266 g/mol. The van der Waals surface area contributed by atoms with E-state index in [4.69, 9.17) is 14.2 Å². The number of aliphatic carboxylic acids is 1. The maximum atomic E-state index is 11.2. The van der Waals surface area contributed by atoms with Gasteiger partial charge in [-0.2, -0.15) is 0 Å². The third-order valence-electron chi connectivity index (χ3n) is 3.16. The Labute approximate surface area is 112 Å². The van der Waals surface area contributed by atoms with Gasteiger partial charge in [-0.15, -0.1) is 0 Å². The zero-order chi connectivity index (χ0) is 14.0. The molecule has 1 aromatic rings. The van der Waals surface area contributed by atoms with Gasteiger partial charge in [0.2, 0.25) is 5.75 Å². The molecule has 0 radical (unpaired) electrons. The fourth-order valence-corrected chi connectivity index (χ4v) is 2.05. The van der Waals surface area contributed by atoms with Crippen LogP contribution in [0.5, 0.6) is 17.2 Å². The van der Waals surface area contributed by atoms with E-state index in [1.54, 1.807) is 27.0 Å². The molecule has 0 spiro atoms. The molecule has 0 atom stereocenters. The minimum absolute atomic E-state index is 0.363. The van der Waals surface area contributed by atoms with Crippen LogP contribution >= 0.6 is 0 Å². The lowest BCUT2D eigenvalue weighted by atomic mass is 9.85. The molecule has 104 valence electrons. The van der Waals surface area contributed by atoms with Crippen molar-refractivity contribution in [1.29, 1.82) is 0 Å². The normalized spacial score (nSPS) is 14.1. The summed E-state index contributed by atoms with van der Waals surface area (Å²) < 4.78 is 16.4. The first kappa shape index (κ1) is 13.5. The first-order valence-electron chi connectivity index (χ1n) is 6.14. The molecule has 0 bridgehead atoms. The van der Waals surface area contributed by atoms with Crippen molar-refractivity contribution in [2.75, 3.05) is 20.3 Å². The molecule has 1 aromatic carbocycles. The quantitative estimate of drug-likeness (QED) is 0.904. The number of hydrogen-bond acceptors (Lipinski definition) is 4. The second kappa shape index (κ2) is 4.99. The Balaban J connectivity index is 2.39. The van der Waals surface area contributed by atoms with Crippen molar-refractivity contribution in [2.45, 2.75) is 20.3 Å². The van der Waals surface area contributed by atoms with Crippen molar-refractivity contribution in [1.82, 2.24) is 0 Å². The summed E-state index contributed by atoms with van der Waals surface area (Å²) in [5.74, 6) is 0.920. The Kier molecular flexibility index (Phi) is 3.55. The number of rotatable bonds is 4. The van der Waals surface area contributed by atoms with Gasteiger partial charge in [0, 0.05) is 0 Å². The molecule has 5 heteroatoms. The van der Waals surface area contributed by atoms with E-state index in [-0.39, 0.29) is 0 Å². The van der Waals surface area contributed by atoms with E-state index in [0.717, 1.165) is 5.56 Å². The van der Waals surface area contributed by atoms with Crippen molar-refractivity contribution in [2.24, 2.45) is 5.41 Å². The highest BCUT2D eigenvalue weighted by Gasteiger charge is 2.30. The number of methoxy groups -OCH3 is 1. The Morgan fingerprint density at radius 3 is 2.68 bits per heavy atom. The van der Waals surface area contributed by atoms with Gasteiger partial charge in [-0.25, -0.2) is 0 Å². The van der Waals surface area contributed by atoms with Gasteiger partial charge < -0.3 is 19.3 Å². The maximum absolute atomic E-state index is 11.2. The summed E-state index contributed by atoms with van der Waals surface area (Å²) in [5.41, 5.74) is -0.0593. The number of carbonyl (C=O) groups is 1. The molecular weight excluding hydrogens is 248 g/mol. The van der Waals surface area contributed by atoms with E-state index >= 15 is 0 Å². The zero-order valence-electron chi connectivity index (χ0n) is 11.4. The lowest BCUT2D eigenvalue weighted by Gasteiger charge is -2.25. The Bertz CT molecular complexity index is 493. The SMILES string of the molecule is COc1c(CC(C)(C)C(=O)O)ccc2c1OCCO2. The van der Waals surface area contributed by atoms with E-state index in [1.165, 1.54) is 0 Å². The molecule has 0 unspecified atom stereocenters. The zero-order valence-corrected chi connectivity index (χ0v) is 11.4. The minimum Gasteiger partial charge on any atom is -0.492 e. The number of carboxylic acid groups (broad SMARTS) is 1. The summed E-state index contributed by atoms with van der Waals surface area (Å²) in [6, 6.07) is 3.63. The van der Waals surface area contributed by atoms with Crippen molar-refractivity contribution >= 4 is 5.97 Å². The highest BCUT2D eigenvalue weighted by molar-refractivity contribution is 5.74. The third kappa shape index (κ3) is 2.59. The molecule has 5 nitrogen and oxygen atoms in total. The molecular formula is C14H18O5. The third-order valence-corrected chi connectivity index (χ3v) is 3.16. The smallest absolute Gasteiger partial charge is 0.309 e. The van der Waals surface area contributed by atoms with Crippen molar-refractivity contribution in [3.63, 3.8) is 0 Å². The Hall–Kier alpha value is -1.91. The number of hydrogen-bond donors (Lipinski definition) is 1. The molecule has 0 fully saturated rings. The van der Waals surface area contributed by atoms with Crippen molar-refractivity contribution in [3.8, 4) is 17.2 Å². The second-order valence-electron chi connectivity index (χ2n) is 5.15. The second-order valence-corrected chi connectivity index (χ2v) is 5.15. The molecule has 0 aliphatic carbocycles. The highest BCUT2D eigenvalue weighted by atomic mass is 16.6. The predicted molar refractivity (Wildman–Crippen MR) is 69.1 cm³/mol. The van der Waals surface area contributed by atoms with Gasteiger partial charge in [0.25, 0.3) is 0 Å². The predicted octanol–water partition coefficient (Wildman–Crippen LogP) is 2.12. The van der Waals surface area contributed by atoms with Gasteiger partial charge >= 0.3 is 5.97 Å². The van der Waals surface area contributed by atoms with Crippen LogP contribution in [0.3, 0.4) is 0 Å². The first-order valence-corrected chi connectivity index (χ1v) is 6.14. The van der Waals surface area contributed by atoms with Crippen LogP contribution in [-0.2, 0) is 11.2 Å². The summed E-state index contributed by atoms with van der Waals surface area (Å²) in [6.07, 6.45) is 0.363. The number of carboxylic acids is 1. The topological polar surface area (TPSA) is 65.0 Å². The Morgan fingerprint density at radius 1 is 1.37 bits per heavy atom. The highest BCUT2D eigenvalue weighted by Crippen LogP contribution is 2.43. The van der Waals surface area contributed by atoms with Crippen LogP contribution in [0.1, 0.15) is 19.4 Å². The lowest BCUT2D eigenvalue weighted by molar-refractivity contribution is -0.146. The minimum atomic E-state index is -0.864. The summed E-state index contributed by atoms with van der Waals surface area (Å²) in [6.45, 7) is 4.35. The van der Waals surface area contributed by atoms with Crippen LogP contribution in [0.2, 0.25) is 0 Å². The van der Waals surface area contributed by atoms with E-state index in [1.807, 2.05) is 6.07 Å². The molecule has 0 amide bonds. The standard InChI is InChI=1S/C14H18O5/c1-14(2,13(15)16)8-9-4-5-10-12(11(9)17-3)19-7-6-18-10/h4-5H,6-8H2,1-3H3,(H,15,16). The molecule has 2 rings (SSSR count). The summed E-state index contributed by atoms with van der Waals surface area (Å²) in [4.78, 5) is 11.2. The van der Waals surface area contributed by atoms with Crippen molar-refractivity contribution in [3.05, 3.63) is 17.7 Å². The molecule has 1 aliphatic heterocycles. The largest absolute Gasteiger partial charge is 0.492 e. The summed E-state index contributed by atoms with van der Waals surface area (Å²) in [7, 11) is 1.55. The van der Waals surface area contributed by atoms with Crippen LogP contribution in [0.15, 0.2) is 12.1 Å². The molecule has 1 aliphatic rings. The van der Waals surface area contributed by atoms with Gasteiger partial charge in [0.05, 0.1) is 12.5 Å². The van der Waals surface area contributed by atoms with Gasteiger partial charge in [-0.3, -0.25) is 4.79 Å². The lowest BCUT2D eigenvalue weighted by Crippen LogP contribution is -2.26. The average Bonchev–Trinajstić information content (AvgIpc) is 2.38. The van der Waals surface area contributed by atoms with Gasteiger partial charge in [0.15, 0.2) is 11.5 Å². The first-order chi connectivity index (χ1) is 8.95. The molecule has 1 N–H and O–H groups in total. The van der Waals surface area contributed by atoms with E-state index in [9.17, 15) is 9.90 Å². The fraction of sp³-hybridized carbons (Fsp3) is 0.500. The van der Waals surface area contributed by atoms with E-state index < -0.39 is 11.4 Å². The van der Waals surface area contributed by atoms with E-state index in [2.05, 4.69) is 0 Å².